The average Bonchev–Trinajstić information content (AvgIpc) is 2.53. The molecule has 1 amide bonds. The van der Waals surface area contributed by atoms with Gasteiger partial charge >= 0.3 is 0 Å². The topological polar surface area (TPSA) is 58.2 Å². The lowest BCUT2D eigenvalue weighted by Crippen LogP contribution is -2.45. The lowest BCUT2D eigenvalue weighted by atomic mass is 10.1. The zero-order chi connectivity index (χ0) is 15.5. The van der Waals surface area contributed by atoms with Gasteiger partial charge in [-0.1, -0.05) is 48.0 Å². The molecule has 1 aromatic rings. The van der Waals surface area contributed by atoms with Crippen LogP contribution in [0.1, 0.15) is 5.56 Å². The van der Waals surface area contributed by atoms with Crippen molar-refractivity contribution in [2.24, 2.45) is 0 Å². The molecule has 114 valence electrons. The van der Waals surface area contributed by atoms with Crippen LogP contribution < -0.4 is 10.6 Å². The maximum atomic E-state index is 12.5. The quantitative estimate of drug-likeness (QED) is 0.889. The first-order valence-electron chi connectivity index (χ1n) is 6.89. The molecule has 6 heteroatoms. The van der Waals surface area contributed by atoms with Crippen molar-refractivity contribution in [2.45, 2.75) is 17.8 Å². The van der Waals surface area contributed by atoms with Gasteiger partial charge in [0.2, 0.25) is 0 Å². The van der Waals surface area contributed by atoms with Crippen molar-refractivity contribution in [2.75, 3.05) is 0 Å². The monoisotopic (exact) mass is 334 g/mol. The molecule has 0 radical (unpaired) electrons. The van der Waals surface area contributed by atoms with Crippen LogP contribution in [0.2, 0.25) is 5.02 Å². The fourth-order valence-corrected chi connectivity index (χ4v) is 4.01. The van der Waals surface area contributed by atoms with Gasteiger partial charge in [-0.2, -0.15) is 0 Å². The Morgan fingerprint density at radius 3 is 2.95 bits per heavy atom. The van der Waals surface area contributed by atoms with E-state index in [1.54, 1.807) is 18.3 Å². The van der Waals surface area contributed by atoms with E-state index >= 15 is 0 Å². The zero-order valence-corrected chi connectivity index (χ0v) is 13.2. The Kier molecular flexibility index (Phi) is 4.45. The zero-order valence-electron chi connectivity index (χ0n) is 11.7. The molecule has 0 saturated heterocycles. The van der Waals surface area contributed by atoms with E-state index in [2.05, 4.69) is 10.6 Å². The van der Waals surface area contributed by atoms with Crippen molar-refractivity contribution < 1.29 is 9.00 Å². The van der Waals surface area contributed by atoms with Crippen LogP contribution in [0.4, 0.5) is 0 Å². The second kappa shape index (κ2) is 6.50. The summed E-state index contributed by atoms with van der Waals surface area (Å²) in [6, 6.07) is 7.25. The minimum atomic E-state index is -1.36. The van der Waals surface area contributed by atoms with Crippen LogP contribution in [0.15, 0.2) is 59.7 Å². The van der Waals surface area contributed by atoms with Crippen molar-refractivity contribution in [3.8, 4) is 0 Å². The Labute approximate surface area is 136 Å². The minimum Gasteiger partial charge on any atom is -0.382 e. The van der Waals surface area contributed by atoms with Gasteiger partial charge in [-0.05, 0) is 17.7 Å². The predicted molar refractivity (Wildman–Crippen MR) is 88.5 cm³/mol. The van der Waals surface area contributed by atoms with Gasteiger partial charge in [0.05, 0.1) is 22.1 Å². The third-order valence-electron chi connectivity index (χ3n) is 3.52. The Morgan fingerprint density at radius 1 is 1.32 bits per heavy atom. The highest BCUT2D eigenvalue weighted by Gasteiger charge is 2.33. The molecule has 2 aliphatic rings. The number of carbonyl (C=O) groups excluding carboxylic acids is 1. The van der Waals surface area contributed by atoms with Crippen molar-refractivity contribution in [3.05, 3.63) is 70.3 Å². The molecule has 3 unspecified atom stereocenters. The van der Waals surface area contributed by atoms with E-state index in [4.69, 9.17) is 11.6 Å². The molecule has 1 aromatic carbocycles. The molecule has 1 heterocycles. The molecule has 3 rings (SSSR count). The fraction of sp³-hybridized carbons (Fsp3) is 0.188. The first kappa shape index (κ1) is 15.1. The molecule has 0 fully saturated rings. The molecule has 3 atom stereocenters. The SMILES string of the molecule is O=C(NCc1cccc(Cl)c1)C1=CNC2C=CC=CC2S1=O. The summed E-state index contributed by atoms with van der Waals surface area (Å²) in [5.74, 6) is -0.327. The second-order valence-corrected chi connectivity index (χ2v) is 7.06. The number of nitrogens with one attached hydrogen (secondary N) is 2. The van der Waals surface area contributed by atoms with E-state index in [1.807, 2.05) is 36.4 Å². The number of benzene rings is 1. The molecule has 1 aliphatic heterocycles. The van der Waals surface area contributed by atoms with Gasteiger partial charge in [-0.3, -0.25) is 9.00 Å². The van der Waals surface area contributed by atoms with Crippen LogP contribution in [0.5, 0.6) is 0 Å². The van der Waals surface area contributed by atoms with Crippen molar-refractivity contribution in [1.29, 1.82) is 0 Å². The van der Waals surface area contributed by atoms with E-state index in [-0.39, 0.29) is 22.1 Å². The summed E-state index contributed by atoms with van der Waals surface area (Å²) in [5.41, 5.74) is 0.898. The summed E-state index contributed by atoms with van der Waals surface area (Å²) >= 11 is 5.91. The molecule has 22 heavy (non-hydrogen) atoms. The van der Waals surface area contributed by atoms with E-state index in [0.717, 1.165) is 5.56 Å². The van der Waals surface area contributed by atoms with Crippen LogP contribution >= 0.6 is 11.6 Å². The molecule has 4 nitrogen and oxygen atoms in total. The van der Waals surface area contributed by atoms with Crippen molar-refractivity contribution in [3.63, 3.8) is 0 Å². The summed E-state index contributed by atoms with van der Waals surface area (Å²) in [6.45, 7) is 0.345. The van der Waals surface area contributed by atoms with E-state index in [9.17, 15) is 9.00 Å². The molecule has 0 spiro atoms. The van der Waals surface area contributed by atoms with E-state index in [1.165, 1.54) is 0 Å². The number of amides is 1. The number of fused-ring (bicyclic) bond motifs is 1. The molecule has 2 N–H and O–H groups in total. The van der Waals surface area contributed by atoms with Crippen molar-refractivity contribution in [1.82, 2.24) is 10.6 Å². The first-order chi connectivity index (χ1) is 10.6. The number of hydrogen-bond donors (Lipinski definition) is 2. The number of rotatable bonds is 3. The van der Waals surface area contributed by atoms with E-state index < -0.39 is 10.8 Å². The van der Waals surface area contributed by atoms with Gasteiger partial charge in [0.1, 0.15) is 4.91 Å². The Bertz CT molecular complexity index is 712. The molecular formula is C16H15ClN2O2S. The molecular weight excluding hydrogens is 320 g/mol. The van der Waals surface area contributed by atoms with Crippen LogP contribution in [0, 0.1) is 0 Å². The highest BCUT2D eigenvalue weighted by Crippen LogP contribution is 2.21. The molecule has 0 aromatic heterocycles. The number of carbonyl (C=O) groups is 1. The lowest BCUT2D eigenvalue weighted by molar-refractivity contribution is -0.117. The standard InChI is InChI=1S/C16H15ClN2O2S/c17-12-5-3-4-11(8-12)9-19-16(20)15-10-18-13-6-1-2-7-14(13)22(15)21/h1-8,10,13-14,18H,9H2,(H,19,20). The maximum Gasteiger partial charge on any atom is 0.262 e. The third kappa shape index (κ3) is 3.15. The fourth-order valence-electron chi connectivity index (χ4n) is 2.39. The minimum absolute atomic E-state index is 0.0182. The highest BCUT2D eigenvalue weighted by atomic mass is 35.5. The molecule has 0 saturated carbocycles. The van der Waals surface area contributed by atoms with Crippen molar-refractivity contribution >= 4 is 28.3 Å². The van der Waals surface area contributed by atoms with Gasteiger partial charge in [0.15, 0.2) is 0 Å². The number of allylic oxidation sites excluding steroid dienone is 2. The van der Waals surface area contributed by atoms with Gasteiger partial charge in [0, 0.05) is 17.8 Å². The Balaban J connectivity index is 1.67. The summed E-state index contributed by atoms with van der Waals surface area (Å²) in [6.07, 6.45) is 9.12. The molecule has 0 bridgehead atoms. The summed E-state index contributed by atoms with van der Waals surface area (Å²) in [5, 5.41) is 6.31. The lowest BCUT2D eigenvalue weighted by Gasteiger charge is -2.29. The molecule has 1 aliphatic carbocycles. The normalized spacial score (nSPS) is 25.9. The average molecular weight is 335 g/mol. The summed E-state index contributed by atoms with van der Waals surface area (Å²) in [4.78, 5) is 12.5. The van der Waals surface area contributed by atoms with E-state index in [0.29, 0.717) is 11.6 Å². The van der Waals surface area contributed by atoms with Crippen LogP contribution in [0.3, 0.4) is 0 Å². The number of halogens is 1. The largest absolute Gasteiger partial charge is 0.382 e. The third-order valence-corrected chi connectivity index (χ3v) is 5.44. The van der Waals surface area contributed by atoms with Crippen LogP contribution in [-0.4, -0.2) is 21.4 Å². The Hall–Kier alpha value is -1.85. The second-order valence-electron chi connectivity index (χ2n) is 5.05. The van der Waals surface area contributed by atoms with Crippen LogP contribution in [-0.2, 0) is 22.1 Å². The first-order valence-corrected chi connectivity index (χ1v) is 8.49. The summed E-state index contributed by atoms with van der Waals surface area (Å²) < 4.78 is 12.5. The van der Waals surface area contributed by atoms with Crippen LogP contribution in [0.25, 0.3) is 0 Å². The van der Waals surface area contributed by atoms with Gasteiger partial charge in [0.25, 0.3) is 5.91 Å². The number of hydrogen-bond acceptors (Lipinski definition) is 3. The Morgan fingerprint density at radius 2 is 2.14 bits per heavy atom. The van der Waals surface area contributed by atoms with Gasteiger partial charge in [-0.15, -0.1) is 0 Å². The predicted octanol–water partition coefficient (Wildman–Crippen LogP) is 2.01. The summed E-state index contributed by atoms with van der Waals surface area (Å²) in [7, 11) is -1.36. The van der Waals surface area contributed by atoms with Gasteiger partial charge < -0.3 is 10.6 Å². The van der Waals surface area contributed by atoms with Gasteiger partial charge in [-0.25, -0.2) is 0 Å². The smallest absolute Gasteiger partial charge is 0.262 e. The maximum absolute atomic E-state index is 12.5. The highest BCUT2D eigenvalue weighted by molar-refractivity contribution is 7.91.